The second-order valence-electron chi connectivity index (χ2n) is 10.6. The van der Waals surface area contributed by atoms with Crippen LogP contribution < -0.4 is 4.90 Å². The van der Waals surface area contributed by atoms with Gasteiger partial charge in [0.05, 0.1) is 5.92 Å². The average molecular weight is 443 g/mol. The Morgan fingerprint density at radius 2 is 2.00 bits per heavy atom. The van der Waals surface area contributed by atoms with Crippen LogP contribution in [0.3, 0.4) is 0 Å². The average Bonchev–Trinajstić information content (AvgIpc) is 3.02. The molecule has 4 aliphatic rings. The lowest BCUT2D eigenvalue weighted by Gasteiger charge is -2.46. The standard InChI is InChI=1S/C26H35ClN2O2/c1-17-5-4-8-26(3)15-24-20(14-22(17)26)21(25(30)31-24)16-28-9-11-29(12-10-28)23-13-19(27)7-6-18(23)2/h6-7,13-14,17,20-21,24H,4-5,8-12,15-16H2,1-3H3/t17-,20-,21-,24+,26-/m0/s1. The summed E-state index contributed by atoms with van der Waals surface area (Å²) in [5.41, 5.74) is 4.33. The van der Waals surface area contributed by atoms with Crippen LogP contribution >= 0.6 is 11.6 Å². The number of ether oxygens (including phenoxy) is 1. The summed E-state index contributed by atoms with van der Waals surface area (Å²) in [5, 5.41) is 0.789. The first-order valence-electron chi connectivity index (χ1n) is 12.0. The molecule has 0 amide bonds. The van der Waals surface area contributed by atoms with Crippen molar-refractivity contribution < 1.29 is 9.53 Å². The molecule has 2 aliphatic carbocycles. The number of carbonyl (C=O) groups is 1. The third kappa shape index (κ3) is 3.91. The summed E-state index contributed by atoms with van der Waals surface area (Å²) in [6.07, 6.45) is 7.37. The van der Waals surface area contributed by atoms with Crippen molar-refractivity contribution in [2.45, 2.75) is 52.6 Å². The number of hydrogen-bond donors (Lipinski definition) is 0. The quantitative estimate of drug-likeness (QED) is 0.482. The summed E-state index contributed by atoms with van der Waals surface area (Å²) in [6, 6.07) is 6.12. The lowest BCUT2D eigenvalue weighted by Crippen LogP contribution is -2.49. The second kappa shape index (κ2) is 8.12. The Bertz CT molecular complexity index is 891. The van der Waals surface area contributed by atoms with Gasteiger partial charge in [-0.3, -0.25) is 9.69 Å². The van der Waals surface area contributed by atoms with E-state index >= 15 is 0 Å². The van der Waals surface area contributed by atoms with Crippen molar-refractivity contribution in [1.29, 1.82) is 0 Å². The highest BCUT2D eigenvalue weighted by atomic mass is 35.5. The molecule has 1 aromatic rings. The Labute approximate surface area is 191 Å². The molecule has 1 saturated carbocycles. The Morgan fingerprint density at radius 3 is 2.77 bits per heavy atom. The van der Waals surface area contributed by atoms with E-state index in [2.05, 4.69) is 48.8 Å². The Balaban J connectivity index is 1.27. The van der Waals surface area contributed by atoms with Crippen LogP contribution in [0.5, 0.6) is 0 Å². The van der Waals surface area contributed by atoms with Gasteiger partial charge >= 0.3 is 5.97 Å². The highest BCUT2D eigenvalue weighted by Gasteiger charge is 2.52. The van der Waals surface area contributed by atoms with Crippen LogP contribution in [-0.4, -0.2) is 49.7 Å². The number of piperazine rings is 1. The molecule has 168 valence electrons. The highest BCUT2D eigenvalue weighted by Crippen LogP contribution is 2.54. The van der Waals surface area contributed by atoms with E-state index in [4.69, 9.17) is 16.3 Å². The molecular weight excluding hydrogens is 408 g/mol. The van der Waals surface area contributed by atoms with Crippen LogP contribution in [0, 0.1) is 30.1 Å². The number of rotatable bonds is 3. The van der Waals surface area contributed by atoms with Gasteiger partial charge in [-0.05, 0) is 55.2 Å². The summed E-state index contributed by atoms with van der Waals surface area (Å²) in [6.45, 7) is 11.6. The van der Waals surface area contributed by atoms with Crippen molar-refractivity contribution in [1.82, 2.24) is 4.90 Å². The molecule has 0 spiro atoms. The SMILES string of the molecule is Cc1ccc(Cl)cc1N1CCN(C[C@@H]2C(=O)O[C@@H]3C[C@]4(C)CCC[C@H](C)C4=C[C@@H]23)CC1. The van der Waals surface area contributed by atoms with E-state index in [0.717, 1.165) is 44.2 Å². The van der Waals surface area contributed by atoms with Crippen LogP contribution in [0.1, 0.15) is 45.1 Å². The predicted molar refractivity (Wildman–Crippen MR) is 126 cm³/mol. The fourth-order valence-corrected chi connectivity index (χ4v) is 6.80. The highest BCUT2D eigenvalue weighted by molar-refractivity contribution is 6.30. The topological polar surface area (TPSA) is 32.8 Å². The first-order valence-corrected chi connectivity index (χ1v) is 12.4. The number of allylic oxidation sites excluding steroid dienone is 1. The second-order valence-corrected chi connectivity index (χ2v) is 11.0. The fraction of sp³-hybridized carbons (Fsp3) is 0.654. The number of nitrogens with zero attached hydrogens (tertiary/aromatic N) is 2. The van der Waals surface area contributed by atoms with Gasteiger partial charge in [0.1, 0.15) is 6.10 Å². The molecule has 0 bridgehead atoms. The molecule has 0 radical (unpaired) electrons. The zero-order valence-electron chi connectivity index (χ0n) is 19.1. The number of esters is 1. The zero-order valence-corrected chi connectivity index (χ0v) is 19.8. The van der Waals surface area contributed by atoms with E-state index in [1.807, 2.05) is 6.07 Å². The molecule has 3 fully saturated rings. The molecule has 5 rings (SSSR count). The lowest BCUT2D eigenvalue weighted by atomic mass is 9.59. The molecule has 2 aliphatic heterocycles. The minimum absolute atomic E-state index is 0.0179. The van der Waals surface area contributed by atoms with Crippen LogP contribution in [0.4, 0.5) is 5.69 Å². The maximum atomic E-state index is 12.9. The molecule has 4 nitrogen and oxygen atoms in total. The molecular formula is C26H35ClN2O2. The third-order valence-corrected chi connectivity index (χ3v) is 8.66. The van der Waals surface area contributed by atoms with Gasteiger partial charge in [-0.2, -0.15) is 0 Å². The number of anilines is 1. The third-order valence-electron chi connectivity index (χ3n) is 8.42. The lowest BCUT2D eigenvalue weighted by molar-refractivity contribution is -0.145. The zero-order chi connectivity index (χ0) is 21.8. The Kier molecular flexibility index (Phi) is 5.58. The summed E-state index contributed by atoms with van der Waals surface area (Å²) in [7, 11) is 0. The first-order chi connectivity index (χ1) is 14.8. The van der Waals surface area contributed by atoms with Gasteiger partial charge in [0.2, 0.25) is 0 Å². The van der Waals surface area contributed by atoms with Crippen molar-refractivity contribution in [2.75, 3.05) is 37.6 Å². The van der Waals surface area contributed by atoms with Crippen molar-refractivity contribution in [3.8, 4) is 0 Å². The Morgan fingerprint density at radius 1 is 1.23 bits per heavy atom. The fourth-order valence-electron chi connectivity index (χ4n) is 6.63. The van der Waals surface area contributed by atoms with Crippen LogP contribution in [0.2, 0.25) is 5.02 Å². The molecule has 5 atom stereocenters. The minimum atomic E-state index is -0.0179. The number of hydrogen-bond acceptors (Lipinski definition) is 4. The normalized spacial score (nSPS) is 35.9. The van der Waals surface area contributed by atoms with E-state index in [-0.39, 0.29) is 29.3 Å². The molecule has 0 unspecified atom stereocenters. The van der Waals surface area contributed by atoms with Crippen molar-refractivity contribution >= 4 is 23.3 Å². The number of aryl methyl sites for hydroxylation is 1. The summed E-state index contributed by atoms with van der Waals surface area (Å²) >= 11 is 6.23. The maximum Gasteiger partial charge on any atom is 0.311 e. The largest absolute Gasteiger partial charge is 0.461 e. The van der Waals surface area contributed by atoms with Gasteiger partial charge < -0.3 is 9.64 Å². The predicted octanol–water partition coefficient (Wildman–Crippen LogP) is 5.08. The van der Waals surface area contributed by atoms with Gasteiger partial charge in [-0.15, -0.1) is 0 Å². The Hall–Kier alpha value is -1.52. The molecule has 5 heteroatoms. The van der Waals surface area contributed by atoms with Crippen molar-refractivity contribution in [3.63, 3.8) is 0 Å². The number of benzene rings is 1. The molecule has 0 N–H and O–H groups in total. The number of fused-ring (bicyclic) bond motifs is 2. The summed E-state index contributed by atoms with van der Waals surface area (Å²) < 4.78 is 5.95. The number of halogens is 1. The van der Waals surface area contributed by atoms with Gasteiger partial charge in [0.25, 0.3) is 0 Å². The molecule has 2 saturated heterocycles. The van der Waals surface area contributed by atoms with Gasteiger partial charge in [-0.1, -0.05) is 49.6 Å². The van der Waals surface area contributed by atoms with Crippen LogP contribution in [0.25, 0.3) is 0 Å². The van der Waals surface area contributed by atoms with E-state index in [1.54, 1.807) is 5.57 Å². The van der Waals surface area contributed by atoms with E-state index in [1.165, 1.54) is 30.5 Å². The van der Waals surface area contributed by atoms with E-state index in [0.29, 0.717) is 5.92 Å². The van der Waals surface area contributed by atoms with Gasteiger partial charge in [0, 0.05) is 49.4 Å². The summed E-state index contributed by atoms with van der Waals surface area (Å²) in [4.78, 5) is 17.8. The minimum Gasteiger partial charge on any atom is -0.461 e. The molecule has 0 aromatic heterocycles. The van der Waals surface area contributed by atoms with E-state index < -0.39 is 0 Å². The molecule has 31 heavy (non-hydrogen) atoms. The molecule has 1 aromatic carbocycles. The summed E-state index contributed by atoms with van der Waals surface area (Å²) in [5.74, 6) is 0.898. The maximum absolute atomic E-state index is 12.9. The molecule has 2 heterocycles. The smallest absolute Gasteiger partial charge is 0.311 e. The van der Waals surface area contributed by atoms with Gasteiger partial charge in [-0.25, -0.2) is 0 Å². The number of carbonyl (C=O) groups excluding carboxylic acids is 1. The van der Waals surface area contributed by atoms with Crippen LogP contribution in [0.15, 0.2) is 29.8 Å². The van der Waals surface area contributed by atoms with Crippen molar-refractivity contribution in [2.24, 2.45) is 23.2 Å². The van der Waals surface area contributed by atoms with Gasteiger partial charge in [0.15, 0.2) is 0 Å². The van der Waals surface area contributed by atoms with Crippen LogP contribution in [-0.2, 0) is 9.53 Å². The van der Waals surface area contributed by atoms with Crippen molar-refractivity contribution in [3.05, 3.63) is 40.4 Å². The van der Waals surface area contributed by atoms with E-state index in [9.17, 15) is 4.79 Å². The first kappa shape index (κ1) is 21.3. The monoisotopic (exact) mass is 442 g/mol.